The van der Waals surface area contributed by atoms with Crippen molar-refractivity contribution in [2.45, 2.75) is 12.8 Å². The number of aliphatic carboxylic acids is 1. The van der Waals surface area contributed by atoms with Crippen molar-refractivity contribution in [3.05, 3.63) is 59.8 Å². The number of ether oxygens (including phenoxy) is 1. The molecule has 0 spiro atoms. The largest absolute Gasteiger partial charge is 0.550 e. The molecule has 0 saturated carbocycles. The molecule has 1 unspecified atom stereocenters. The molecule has 0 bridgehead atoms. The van der Waals surface area contributed by atoms with E-state index >= 15 is 0 Å². The second kappa shape index (κ2) is 6.19. The normalized spacial score (nSPS) is 12.1. The molecule has 0 fully saturated rings. The van der Waals surface area contributed by atoms with Crippen molar-refractivity contribution < 1.29 is 23.4 Å². The molecule has 7 heteroatoms. The van der Waals surface area contributed by atoms with Gasteiger partial charge in [0, 0.05) is 24.0 Å². The quantitative estimate of drug-likeness (QED) is 0.735. The van der Waals surface area contributed by atoms with Crippen LogP contribution in [-0.2, 0) is 4.79 Å². The first-order chi connectivity index (χ1) is 11.4. The summed E-state index contributed by atoms with van der Waals surface area (Å²) in [5, 5.41) is 10.8. The molecule has 0 amide bonds. The van der Waals surface area contributed by atoms with Gasteiger partial charge in [-0.15, -0.1) is 0 Å². The van der Waals surface area contributed by atoms with Crippen molar-refractivity contribution in [2.24, 2.45) is 0 Å². The number of fused-ring (bicyclic) bond motifs is 1. The molecule has 0 aliphatic carbocycles. The van der Waals surface area contributed by atoms with E-state index in [-0.39, 0.29) is 16.9 Å². The first-order valence-corrected chi connectivity index (χ1v) is 7.04. The molecule has 24 heavy (non-hydrogen) atoms. The standard InChI is InChI=1S/C17H12F2N2O3/c1-9(17(22)23)10-2-4-11(5-3-10)24-16-8-20-14-6-12(18)13(19)7-15(14)21-16/h2-9H,1H3,(H,22,23)/p-1. The Balaban J connectivity index is 1.84. The fourth-order valence-electron chi connectivity index (χ4n) is 2.12. The van der Waals surface area contributed by atoms with Gasteiger partial charge in [-0.2, -0.15) is 0 Å². The van der Waals surface area contributed by atoms with Gasteiger partial charge in [-0.05, 0) is 17.7 Å². The van der Waals surface area contributed by atoms with Crippen LogP contribution in [0.5, 0.6) is 11.6 Å². The van der Waals surface area contributed by atoms with E-state index in [0.29, 0.717) is 11.3 Å². The Bertz CT molecular complexity index is 914. The van der Waals surface area contributed by atoms with E-state index in [0.717, 1.165) is 12.1 Å². The molecule has 2 aromatic carbocycles. The summed E-state index contributed by atoms with van der Waals surface area (Å²) in [4.78, 5) is 18.9. The molecule has 1 aromatic heterocycles. The summed E-state index contributed by atoms with van der Waals surface area (Å²) in [6, 6.07) is 8.24. The Labute approximate surface area is 135 Å². The summed E-state index contributed by atoms with van der Waals surface area (Å²) in [7, 11) is 0. The summed E-state index contributed by atoms with van der Waals surface area (Å²) in [5.74, 6) is -3.41. The first kappa shape index (κ1) is 15.8. The van der Waals surface area contributed by atoms with Gasteiger partial charge < -0.3 is 14.6 Å². The van der Waals surface area contributed by atoms with E-state index in [1.54, 1.807) is 24.3 Å². The molecule has 1 atom stereocenters. The van der Waals surface area contributed by atoms with Crippen LogP contribution in [0.4, 0.5) is 8.78 Å². The van der Waals surface area contributed by atoms with Gasteiger partial charge in [-0.25, -0.2) is 18.7 Å². The van der Waals surface area contributed by atoms with Crippen molar-refractivity contribution in [1.29, 1.82) is 0 Å². The highest BCUT2D eigenvalue weighted by Crippen LogP contribution is 2.24. The van der Waals surface area contributed by atoms with Crippen LogP contribution in [0, 0.1) is 11.6 Å². The zero-order valence-corrected chi connectivity index (χ0v) is 12.5. The zero-order chi connectivity index (χ0) is 17.3. The number of hydrogen-bond acceptors (Lipinski definition) is 5. The van der Waals surface area contributed by atoms with Gasteiger partial charge in [-0.3, -0.25) is 0 Å². The highest BCUT2D eigenvalue weighted by Gasteiger charge is 2.09. The second-order valence-electron chi connectivity index (χ2n) is 5.18. The smallest absolute Gasteiger partial charge is 0.238 e. The molecule has 0 radical (unpaired) electrons. The lowest BCUT2D eigenvalue weighted by Gasteiger charge is -2.13. The van der Waals surface area contributed by atoms with Crippen molar-refractivity contribution in [3.8, 4) is 11.6 Å². The van der Waals surface area contributed by atoms with Crippen LogP contribution < -0.4 is 9.84 Å². The number of nitrogens with zero attached hydrogens (tertiary/aromatic N) is 2. The number of carboxylic acid groups (broad SMARTS) is 1. The van der Waals surface area contributed by atoms with Crippen molar-refractivity contribution in [3.63, 3.8) is 0 Å². The minimum absolute atomic E-state index is 0.106. The molecular weight excluding hydrogens is 318 g/mol. The van der Waals surface area contributed by atoms with Crippen molar-refractivity contribution in [2.75, 3.05) is 0 Å². The third kappa shape index (κ3) is 3.15. The number of hydrogen-bond donors (Lipinski definition) is 0. The maximum absolute atomic E-state index is 13.3. The van der Waals surface area contributed by atoms with Gasteiger partial charge in [0.1, 0.15) is 5.75 Å². The van der Waals surface area contributed by atoms with E-state index < -0.39 is 23.5 Å². The molecule has 3 aromatic rings. The Kier molecular flexibility index (Phi) is 4.07. The second-order valence-corrected chi connectivity index (χ2v) is 5.18. The van der Waals surface area contributed by atoms with Crippen LogP contribution in [0.3, 0.4) is 0 Å². The molecule has 1 heterocycles. The third-order valence-electron chi connectivity index (χ3n) is 3.52. The lowest BCUT2D eigenvalue weighted by atomic mass is 10.0. The summed E-state index contributed by atoms with van der Waals surface area (Å²) < 4.78 is 31.9. The number of rotatable bonds is 4. The average Bonchev–Trinajstić information content (AvgIpc) is 2.56. The fraction of sp³-hybridized carbons (Fsp3) is 0.118. The highest BCUT2D eigenvalue weighted by molar-refractivity contribution is 5.74. The lowest BCUT2D eigenvalue weighted by molar-refractivity contribution is -0.307. The van der Waals surface area contributed by atoms with Crippen LogP contribution in [0.25, 0.3) is 11.0 Å². The molecule has 0 aliphatic rings. The van der Waals surface area contributed by atoms with Crippen LogP contribution in [0.15, 0.2) is 42.6 Å². The van der Waals surface area contributed by atoms with E-state index in [1.807, 2.05) is 0 Å². The first-order valence-electron chi connectivity index (χ1n) is 7.04. The Morgan fingerprint density at radius 1 is 1.12 bits per heavy atom. The summed E-state index contributed by atoms with van der Waals surface area (Å²) in [5.41, 5.74) is 0.942. The van der Waals surface area contributed by atoms with Crippen LogP contribution in [0.2, 0.25) is 0 Å². The predicted molar refractivity (Wildman–Crippen MR) is 79.4 cm³/mol. The topological polar surface area (TPSA) is 75.1 Å². The zero-order valence-electron chi connectivity index (χ0n) is 12.5. The van der Waals surface area contributed by atoms with Gasteiger partial charge >= 0.3 is 0 Å². The minimum atomic E-state index is -1.17. The number of benzene rings is 2. The van der Waals surface area contributed by atoms with Crippen LogP contribution in [0.1, 0.15) is 18.4 Å². The van der Waals surface area contributed by atoms with Crippen molar-refractivity contribution in [1.82, 2.24) is 9.97 Å². The number of carbonyl (C=O) groups excluding carboxylic acids is 1. The van der Waals surface area contributed by atoms with Gasteiger partial charge in [-0.1, -0.05) is 19.1 Å². The molecule has 0 saturated heterocycles. The van der Waals surface area contributed by atoms with Gasteiger partial charge in [0.2, 0.25) is 5.88 Å². The number of aromatic nitrogens is 2. The summed E-state index contributed by atoms with van der Waals surface area (Å²) >= 11 is 0. The summed E-state index contributed by atoms with van der Waals surface area (Å²) in [6.45, 7) is 1.52. The van der Waals surface area contributed by atoms with E-state index in [2.05, 4.69) is 9.97 Å². The van der Waals surface area contributed by atoms with Crippen molar-refractivity contribution >= 4 is 17.0 Å². The molecule has 3 rings (SSSR count). The van der Waals surface area contributed by atoms with Crippen LogP contribution in [-0.4, -0.2) is 15.9 Å². The third-order valence-corrected chi connectivity index (χ3v) is 3.52. The number of carbonyl (C=O) groups is 1. The lowest BCUT2D eigenvalue weighted by Crippen LogP contribution is -2.27. The highest BCUT2D eigenvalue weighted by atomic mass is 19.2. The molecule has 5 nitrogen and oxygen atoms in total. The molecule has 0 N–H and O–H groups in total. The fourth-order valence-corrected chi connectivity index (χ4v) is 2.12. The maximum Gasteiger partial charge on any atom is 0.238 e. The monoisotopic (exact) mass is 329 g/mol. The molecule has 0 aliphatic heterocycles. The van der Waals surface area contributed by atoms with E-state index in [1.165, 1.54) is 13.1 Å². The van der Waals surface area contributed by atoms with Crippen LogP contribution >= 0.6 is 0 Å². The van der Waals surface area contributed by atoms with E-state index in [4.69, 9.17) is 4.74 Å². The average molecular weight is 329 g/mol. The minimum Gasteiger partial charge on any atom is -0.550 e. The summed E-state index contributed by atoms with van der Waals surface area (Å²) in [6.07, 6.45) is 1.29. The molecule has 122 valence electrons. The maximum atomic E-state index is 13.3. The molecular formula is C17H11F2N2O3-. The van der Waals surface area contributed by atoms with Gasteiger partial charge in [0.15, 0.2) is 11.6 Å². The SMILES string of the molecule is CC(C(=O)[O-])c1ccc(Oc2cnc3cc(F)c(F)cc3n2)cc1. The van der Waals surface area contributed by atoms with E-state index in [9.17, 15) is 18.7 Å². The predicted octanol–water partition coefficient (Wildman–Crippen LogP) is 2.55. The Morgan fingerprint density at radius 3 is 2.38 bits per heavy atom. The number of halogens is 2. The van der Waals surface area contributed by atoms with Gasteiger partial charge in [0.25, 0.3) is 0 Å². The Morgan fingerprint density at radius 2 is 1.75 bits per heavy atom. The van der Waals surface area contributed by atoms with Gasteiger partial charge in [0.05, 0.1) is 17.2 Å². The number of carboxylic acids is 1. The Hall–Kier alpha value is -3.09.